The number of rotatable bonds is 5. The fourth-order valence-corrected chi connectivity index (χ4v) is 2.30. The third-order valence-corrected chi connectivity index (χ3v) is 3.56. The lowest BCUT2D eigenvalue weighted by atomic mass is 10.1. The fourth-order valence-electron chi connectivity index (χ4n) is 2.30. The highest BCUT2D eigenvalue weighted by Gasteiger charge is 2.18. The molecular weight excluding hydrogens is 278 g/mol. The molecule has 0 N–H and O–H groups in total. The van der Waals surface area contributed by atoms with Crippen LogP contribution < -0.4 is 4.90 Å². The number of hydrogen-bond acceptors (Lipinski definition) is 4. The summed E-state index contributed by atoms with van der Waals surface area (Å²) >= 11 is 0. The molecule has 0 spiro atoms. The Kier molecular flexibility index (Phi) is 4.74. The van der Waals surface area contributed by atoms with E-state index in [1.165, 1.54) is 11.6 Å². The lowest BCUT2D eigenvalue weighted by Crippen LogP contribution is -2.17. The lowest BCUT2D eigenvalue weighted by molar-refractivity contribution is -0.384. The molecule has 112 valence electrons. The molecular formula is C17H17N3O2. The molecule has 0 atom stereocenters. The summed E-state index contributed by atoms with van der Waals surface area (Å²) in [6.45, 7) is 2.66. The molecule has 0 amide bonds. The van der Waals surface area contributed by atoms with Crippen molar-refractivity contribution in [2.75, 3.05) is 11.9 Å². The van der Waals surface area contributed by atoms with Gasteiger partial charge in [-0.2, -0.15) is 5.26 Å². The molecule has 0 aliphatic heterocycles. The summed E-state index contributed by atoms with van der Waals surface area (Å²) in [6, 6.07) is 14.7. The summed E-state index contributed by atoms with van der Waals surface area (Å²) < 4.78 is 0. The van der Waals surface area contributed by atoms with E-state index >= 15 is 0 Å². The minimum atomic E-state index is -0.452. The molecule has 22 heavy (non-hydrogen) atoms. The maximum absolute atomic E-state index is 11.2. The molecule has 0 aromatic heterocycles. The maximum Gasteiger partial charge on any atom is 0.293 e. The molecule has 5 heteroatoms. The number of nitrogens with zero attached hydrogens (tertiary/aromatic N) is 3. The van der Waals surface area contributed by atoms with Crippen molar-refractivity contribution in [3.05, 3.63) is 69.3 Å². The highest BCUT2D eigenvalue weighted by molar-refractivity contribution is 5.65. The third kappa shape index (κ3) is 3.41. The standard InChI is InChI=1S/C17H17N3O2/c1-3-13-4-6-14(7-5-13)12-19(2)16-9-8-15(11-18)10-17(16)20(21)22/h4-10H,3,12H2,1-2H3. The van der Waals surface area contributed by atoms with Crippen LogP contribution in [-0.4, -0.2) is 12.0 Å². The third-order valence-electron chi connectivity index (χ3n) is 3.56. The van der Waals surface area contributed by atoms with E-state index in [0.717, 1.165) is 12.0 Å². The Bertz CT molecular complexity index is 718. The molecule has 0 radical (unpaired) electrons. The van der Waals surface area contributed by atoms with Crippen LogP contribution >= 0.6 is 0 Å². The molecule has 0 fully saturated rings. The molecule has 0 saturated heterocycles. The van der Waals surface area contributed by atoms with Crippen molar-refractivity contribution in [1.82, 2.24) is 0 Å². The first-order valence-corrected chi connectivity index (χ1v) is 7.02. The van der Waals surface area contributed by atoms with E-state index in [1.54, 1.807) is 12.1 Å². The normalized spacial score (nSPS) is 10.0. The predicted octanol–water partition coefficient (Wildman–Crippen LogP) is 3.67. The molecule has 2 rings (SSSR count). The van der Waals surface area contributed by atoms with Crippen LogP contribution in [0.5, 0.6) is 0 Å². The van der Waals surface area contributed by atoms with Crippen LogP contribution in [0.1, 0.15) is 23.6 Å². The van der Waals surface area contributed by atoms with E-state index in [9.17, 15) is 10.1 Å². The van der Waals surface area contributed by atoms with Gasteiger partial charge in [-0.05, 0) is 29.7 Å². The van der Waals surface area contributed by atoms with E-state index in [-0.39, 0.29) is 11.3 Å². The van der Waals surface area contributed by atoms with Crippen molar-refractivity contribution in [3.63, 3.8) is 0 Å². The first-order chi connectivity index (χ1) is 10.5. The van der Waals surface area contributed by atoms with Crippen LogP contribution in [0.2, 0.25) is 0 Å². The average Bonchev–Trinajstić information content (AvgIpc) is 2.54. The van der Waals surface area contributed by atoms with Gasteiger partial charge in [-0.1, -0.05) is 31.2 Å². The number of anilines is 1. The maximum atomic E-state index is 11.2. The number of nitro groups is 1. The minimum absolute atomic E-state index is 0.0493. The fraction of sp³-hybridized carbons (Fsp3) is 0.235. The Hall–Kier alpha value is -2.87. The summed E-state index contributed by atoms with van der Waals surface area (Å²) in [5, 5.41) is 20.1. The second kappa shape index (κ2) is 6.72. The van der Waals surface area contributed by atoms with Crippen molar-refractivity contribution in [1.29, 1.82) is 5.26 Å². The van der Waals surface area contributed by atoms with Gasteiger partial charge in [0.2, 0.25) is 0 Å². The van der Waals surface area contributed by atoms with Gasteiger partial charge in [-0.3, -0.25) is 10.1 Å². The van der Waals surface area contributed by atoms with Crippen LogP contribution in [0.25, 0.3) is 0 Å². The van der Waals surface area contributed by atoms with Crippen molar-refractivity contribution in [3.8, 4) is 6.07 Å². The summed E-state index contributed by atoms with van der Waals surface area (Å²) in [4.78, 5) is 12.6. The summed E-state index contributed by atoms with van der Waals surface area (Å²) in [5.41, 5.74) is 3.08. The van der Waals surface area contributed by atoms with Crippen LogP contribution in [-0.2, 0) is 13.0 Å². The van der Waals surface area contributed by atoms with E-state index < -0.39 is 4.92 Å². The van der Waals surface area contributed by atoms with Gasteiger partial charge in [0, 0.05) is 19.7 Å². The van der Waals surface area contributed by atoms with Crippen LogP contribution in [0.15, 0.2) is 42.5 Å². The Balaban J connectivity index is 2.26. The second-order valence-electron chi connectivity index (χ2n) is 5.10. The number of nitro benzene ring substituents is 1. The Labute approximate surface area is 129 Å². The monoisotopic (exact) mass is 295 g/mol. The summed E-state index contributed by atoms with van der Waals surface area (Å²) in [5.74, 6) is 0. The molecule has 0 saturated carbocycles. The SMILES string of the molecule is CCc1ccc(CN(C)c2ccc(C#N)cc2[N+](=O)[O-])cc1. The molecule has 2 aromatic carbocycles. The van der Waals surface area contributed by atoms with Crippen molar-refractivity contribution in [2.24, 2.45) is 0 Å². The molecule has 0 aliphatic carbocycles. The lowest BCUT2D eigenvalue weighted by Gasteiger charge is -2.19. The highest BCUT2D eigenvalue weighted by atomic mass is 16.6. The molecule has 0 unspecified atom stereocenters. The Morgan fingerprint density at radius 3 is 2.36 bits per heavy atom. The zero-order chi connectivity index (χ0) is 16.1. The average molecular weight is 295 g/mol. The largest absolute Gasteiger partial charge is 0.365 e. The quantitative estimate of drug-likeness (QED) is 0.623. The minimum Gasteiger partial charge on any atom is -0.365 e. The zero-order valence-electron chi connectivity index (χ0n) is 12.6. The van der Waals surface area contributed by atoms with Gasteiger partial charge < -0.3 is 4.90 Å². The number of benzene rings is 2. The zero-order valence-corrected chi connectivity index (χ0v) is 12.6. The van der Waals surface area contributed by atoms with Crippen molar-refractivity contribution >= 4 is 11.4 Å². The predicted molar refractivity (Wildman–Crippen MR) is 85.7 cm³/mol. The van der Waals surface area contributed by atoms with Gasteiger partial charge in [0.1, 0.15) is 5.69 Å². The smallest absolute Gasteiger partial charge is 0.293 e. The first-order valence-electron chi connectivity index (χ1n) is 7.02. The van der Waals surface area contributed by atoms with Gasteiger partial charge in [0.05, 0.1) is 16.6 Å². The summed E-state index contributed by atoms with van der Waals surface area (Å²) in [6.07, 6.45) is 0.983. The van der Waals surface area contributed by atoms with E-state index in [4.69, 9.17) is 5.26 Å². The number of nitriles is 1. The molecule has 0 aliphatic rings. The van der Waals surface area contributed by atoms with Crippen LogP contribution in [0, 0.1) is 21.4 Å². The van der Waals surface area contributed by atoms with Gasteiger partial charge >= 0.3 is 0 Å². The first kappa shape index (κ1) is 15.5. The second-order valence-corrected chi connectivity index (χ2v) is 5.10. The van der Waals surface area contributed by atoms with Crippen LogP contribution in [0.3, 0.4) is 0 Å². The van der Waals surface area contributed by atoms with Crippen molar-refractivity contribution < 1.29 is 4.92 Å². The topological polar surface area (TPSA) is 70.2 Å². The van der Waals surface area contributed by atoms with Gasteiger partial charge in [-0.15, -0.1) is 0 Å². The van der Waals surface area contributed by atoms with Crippen LogP contribution in [0.4, 0.5) is 11.4 Å². The van der Waals surface area contributed by atoms with E-state index in [1.807, 2.05) is 30.1 Å². The van der Waals surface area contributed by atoms with Gasteiger partial charge in [0.25, 0.3) is 5.69 Å². The number of hydrogen-bond donors (Lipinski definition) is 0. The Morgan fingerprint density at radius 1 is 1.18 bits per heavy atom. The summed E-state index contributed by atoms with van der Waals surface area (Å²) in [7, 11) is 1.81. The molecule has 0 bridgehead atoms. The van der Waals surface area contributed by atoms with E-state index in [0.29, 0.717) is 12.2 Å². The molecule has 2 aromatic rings. The highest BCUT2D eigenvalue weighted by Crippen LogP contribution is 2.29. The number of aryl methyl sites for hydroxylation is 1. The van der Waals surface area contributed by atoms with Crippen molar-refractivity contribution in [2.45, 2.75) is 19.9 Å². The van der Waals surface area contributed by atoms with E-state index in [2.05, 4.69) is 19.1 Å². The molecule has 0 heterocycles. The Morgan fingerprint density at radius 2 is 1.82 bits per heavy atom. The van der Waals surface area contributed by atoms with Gasteiger partial charge in [0.15, 0.2) is 0 Å². The van der Waals surface area contributed by atoms with Gasteiger partial charge in [-0.25, -0.2) is 0 Å². The molecule has 5 nitrogen and oxygen atoms in total.